The Labute approximate surface area is 139 Å². The Hall–Kier alpha value is -2.70. The summed E-state index contributed by atoms with van der Waals surface area (Å²) in [5.74, 6) is -2.25. The molecule has 0 fully saturated rings. The molecule has 2 aromatic rings. The number of rotatable bonds is 7. The number of hydrogen-bond acceptors (Lipinski definition) is 3. The molecule has 0 saturated carbocycles. The first-order valence-corrected chi connectivity index (χ1v) is 7.75. The number of nitrogens with one attached hydrogen (secondary N) is 1. The normalized spacial score (nSPS) is 12.0. The van der Waals surface area contributed by atoms with Crippen molar-refractivity contribution in [3.8, 4) is 5.69 Å². The molecular formula is C17H20FN3O3. The minimum Gasteiger partial charge on any atom is -0.481 e. The van der Waals surface area contributed by atoms with Crippen molar-refractivity contribution in [2.75, 3.05) is 6.54 Å². The number of carbonyl (C=O) groups excluding carboxylic acids is 1. The van der Waals surface area contributed by atoms with E-state index in [-0.39, 0.29) is 18.3 Å². The standard InChI is InChI=1S/C17H20FN3O3/c1-3-4-12(17(23)24)9-19-16(22)15-10-20-21(11(15)2)14-7-5-13(18)6-8-14/h5-8,10,12H,3-4,9H2,1-2H3,(H,19,22)(H,23,24). The minimum atomic E-state index is -0.920. The van der Waals surface area contributed by atoms with Gasteiger partial charge in [-0.2, -0.15) is 5.10 Å². The summed E-state index contributed by atoms with van der Waals surface area (Å²) in [6.07, 6.45) is 2.65. The average Bonchev–Trinajstić information content (AvgIpc) is 2.93. The average molecular weight is 333 g/mol. The second kappa shape index (κ2) is 7.72. The lowest BCUT2D eigenvalue weighted by atomic mass is 10.0. The van der Waals surface area contributed by atoms with Gasteiger partial charge in [-0.05, 0) is 37.6 Å². The zero-order chi connectivity index (χ0) is 17.7. The number of hydrogen-bond donors (Lipinski definition) is 2. The molecule has 0 saturated heterocycles. The van der Waals surface area contributed by atoms with E-state index in [1.165, 1.54) is 23.0 Å². The maximum atomic E-state index is 13.0. The van der Waals surface area contributed by atoms with E-state index in [1.807, 2.05) is 6.92 Å². The number of amides is 1. The van der Waals surface area contributed by atoms with E-state index in [4.69, 9.17) is 5.11 Å². The van der Waals surface area contributed by atoms with Gasteiger partial charge in [0.2, 0.25) is 0 Å². The zero-order valence-electron chi connectivity index (χ0n) is 13.6. The molecule has 7 heteroatoms. The maximum absolute atomic E-state index is 13.0. The van der Waals surface area contributed by atoms with Crippen LogP contribution in [0.1, 0.15) is 35.8 Å². The van der Waals surface area contributed by atoms with Gasteiger partial charge in [-0.3, -0.25) is 9.59 Å². The Kier molecular flexibility index (Phi) is 5.68. The van der Waals surface area contributed by atoms with Gasteiger partial charge in [0, 0.05) is 6.54 Å². The molecule has 1 aromatic heterocycles. The maximum Gasteiger partial charge on any atom is 0.308 e. The third-order valence-electron chi connectivity index (χ3n) is 3.82. The Balaban J connectivity index is 2.11. The molecule has 2 N–H and O–H groups in total. The van der Waals surface area contributed by atoms with Crippen molar-refractivity contribution in [2.45, 2.75) is 26.7 Å². The van der Waals surface area contributed by atoms with Gasteiger partial charge < -0.3 is 10.4 Å². The van der Waals surface area contributed by atoms with Crippen molar-refractivity contribution in [3.63, 3.8) is 0 Å². The highest BCUT2D eigenvalue weighted by atomic mass is 19.1. The highest BCUT2D eigenvalue weighted by Crippen LogP contribution is 2.15. The van der Waals surface area contributed by atoms with E-state index in [1.54, 1.807) is 19.1 Å². The molecule has 0 spiro atoms. The summed E-state index contributed by atoms with van der Waals surface area (Å²) in [7, 11) is 0. The summed E-state index contributed by atoms with van der Waals surface area (Å²) in [6.45, 7) is 3.70. The number of benzene rings is 1. The third kappa shape index (κ3) is 3.98. The number of carboxylic acid groups (broad SMARTS) is 1. The molecule has 0 bridgehead atoms. The monoisotopic (exact) mass is 333 g/mol. The van der Waals surface area contributed by atoms with Crippen molar-refractivity contribution in [3.05, 3.63) is 47.5 Å². The summed E-state index contributed by atoms with van der Waals surface area (Å²) in [6, 6.07) is 5.77. The Morgan fingerprint density at radius 1 is 1.33 bits per heavy atom. The lowest BCUT2D eigenvalue weighted by Crippen LogP contribution is -2.33. The second-order valence-electron chi connectivity index (χ2n) is 5.57. The van der Waals surface area contributed by atoms with Crippen molar-refractivity contribution in [1.29, 1.82) is 0 Å². The summed E-state index contributed by atoms with van der Waals surface area (Å²) < 4.78 is 14.5. The van der Waals surface area contributed by atoms with E-state index in [2.05, 4.69) is 10.4 Å². The summed E-state index contributed by atoms with van der Waals surface area (Å²) in [5.41, 5.74) is 1.60. The number of carboxylic acids is 1. The molecule has 1 unspecified atom stereocenters. The second-order valence-corrected chi connectivity index (χ2v) is 5.57. The van der Waals surface area contributed by atoms with Gasteiger partial charge in [0.05, 0.1) is 29.1 Å². The third-order valence-corrected chi connectivity index (χ3v) is 3.82. The zero-order valence-corrected chi connectivity index (χ0v) is 13.6. The van der Waals surface area contributed by atoms with E-state index in [0.29, 0.717) is 23.4 Å². The Morgan fingerprint density at radius 3 is 2.58 bits per heavy atom. The molecule has 1 aromatic carbocycles. The molecule has 1 amide bonds. The van der Waals surface area contributed by atoms with Gasteiger partial charge in [0.1, 0.15) is 5.82 Å². The van der Waals surface area contributed by atoms with Crippen LogP contribution in [0, 0.1) is 18.7 Å². The van der Waals surface area contributed by atoms with Crippen LogP contribution in [0.2, 0.25) is 0 Å². The van der Waals surface area contributed by atoms with Gasteiger partial charge >= 0.3 is 5.97 Å². The molecule has 6 nitrogen and oxygen atoms in total. The summed E-state index contributed by atoms with van der Waals surface area (Å²) in [4.78, 5) is 23.4. The number of nitrogens with zero attached hydrogens (tertiary/aromatic N) is 2. The number of aliphatic carboxylic acids is 1. The van der Waals surface area contributed by atoms with Gasteiger partial charge in [0.15, 0.2) is 0 Å². The van der Waals surface area contributed by atoms with Crippen LogP contribution >= 0.6 is 0 Å². The Bertz CT molecular complexity index is 725. The van der Waals surface area contributed by atoms with Crippen molar-refractivity contribution >= 4 is 11.9 Å². The van der Waals surface area contributed by atoms with Crippen LogP contribution in [0.15, 0.2) is 30.5 Å². The predicted octanol–water partition coefficient (Wildman–Crippen LogP) is 2.55. The molecule has 0 radical (unpaired) electrons. The fourth-order valence-corrected chi connectivity index (χ4v) is 2.45. The lowest BCUT2D eigenvalue weighted by molar-refractivity contribution is -0.141. The molecule has 0 aliphatic carbocycles. The van der Waals surface area contributed by atoms with Gasteiger partial charge in [0.25, 0.3) is 5.91 Å². The van der Waals surface area contributed by atoms with Crippen LogP contribution in [0.3, 0.4) is 0 Å². The van der Waals surface area contributed by atoms with Crippen molar-refractivity contribution in [1.82, 2.24) is 15.1 Å². The predicted molar refractivity (Wildman–Crippen MR) is 86.6 cm³/mol. The Morgan fingerprint density at radius 2 is 2.00 bits per heavy atom. The quantitative estimate of drug-likeness (QED) is 0.815. The molecule has 1 atom stereocenters. The molecule has 24 heavy (non-hydrogen) atoms. The van der Waals surface area contributed by atoms with Crippen LogP contribution in [0.25, 0.3) is 5.69 Å². The molecule has 2 rings (SSSR count). The van der Waals surface area contributed by atoms with Crippen molar-refractivity contribution in [2.24, 2.45) is 5.92 Å². The molecular weight excluding hydrogens is 313 g/mol. The van der Waals surface area contributed by atoms with Crippen LogP contribution in [0.5, 0.6) is 0 Å². The van der Waals surface area contributed by atoms with E-state index >= 15 is 0 Å². The first kappa shape index (κ1) is 17.7. The largest absolute Gasteiger partial charge is 0.481 e. The molecule has 128 valence electrons. The number of carbonyl (C=O) groups is 2. The van der Waals surface area contributed by atoms with E-state index < -0.39 is 11.9 Å². The van der Waals surface area contributed by atoms with Crippen molar-refractivity contribution < 1.29 is 19.1 Å². The highest BCUT2D eigenvalue weighted by molar-refractivity contribution is 5.95. The molecule has 1 heterocycles. The lowest BCUT2D eigenvalue weighted by Gasteiger charge is -2.12. The smallest absolute Gasteiger partial charge is 0.308 e. The van der Waals surface area contributed by atoms with Gasteiger partial charge in [-0.25, -0.2) is 9.07 Å². The van der Waals surface area contributed by atoms with Gasteiger partial charge in [-0.1, -0.05) is 13.3 Å². The highest BCUT2D eigenvalue weighted by Gasteiger charge is 2.20. The van der Waals surface area contributed by atoms with Crippen LogP contribution in [-0.2, 0) is 4.79 Å². The first-order chi connectivity index (χ1) is 11.4. The van der Waals surface area contributed by atoms with Crippen LogP contribution < -0.4 is 5.32 Å². The summed E-state index contributed by atoms with van der Waals surface area (Å²) in [5, 5.41) is 15.9. The fourth-order valence-electron chi connectivity index (χ4n) is 2.45. The van der Waals surface area contributed by atoms with Crippen LogP contribution in [0.4, 0.5) is 4.39 Å². The molecule has 0 aliphatic heterocycles. The fraction of sp³-hybridized carbons (Fsp3) is 0.353. The minimum absolute atomic E-state index is 0.0726. The first-order valence-electron chi connectivity index (χ1n) is 7.75. The number of halogens is 1. The SMILES string of the molecule is CCCC(CNC(=O)c1cnn(-c2ccc(F)cc2)c1C)C(=O)O. The topological polar surface area (TPSA) is 84.2 Å². The summed E-state index contributed by atoms with van der Waals surface area (Å²) >= 11 is 0. The van der Waals surface area contributed by atoms with Crippen LogP contribution in [-0.4, -0.2) is 33.3 Å². The van der Waals surface area contributed by atoms with E-state index in [0.717, 1.165) is 6.42 Å². The molecule has 0 aliphatic rings. The van der Waals surface area contributed by atoms with E-state index in [9.17, 15) is 14.0 Å². The number of aromatic nitrogens is 2. The van der Waals surface area contributed by atoms with Gasteiger partial charge in [-0.15, -0.1) is 0 Å².